The van der Waals surface area contributed by atoms with Crippen molar-refractivity contribution in [2.45, 2.75) is 32.2 Å². The SMILES string of the molecule is COCCc1noc(C2CC(C)CCN2)n1. The predicted octanol–water partition coefficient (Wildman–Crippen LogP) is 1.32. The van der Waals surface area contributed by atoms with Crippen LogP contribution >= 0.6 is 0 Å². The number of ether oxygens (including phenoxy) is 1. The molecule has 0 aliphatic carbocycles. The number of hydrogen-bond donors (Lipinski definition) is 1. The van der Waals surface area contributed by atoms with Gasteiger partial charge in [0.15, 0.2) is 5.82 Å². The summed E-state index contributed by atoms with van der Waals surface area (Å²) in [5.74, 6) is 2.18. The van der Waals surface area contributed by atoms with Crippen LogP contribution in [-0.2, 0) is 11.2 Å². The van der Waals surface area contributed by atoms with Gasteiger partial charge in [0.05, 0.1) is 12.6 Å². The molecule has 0 spiro atoms. The van der Waals surface area contributed by atoms with E-state index in [0.717, 1.165) is 30.6 Å². The Balaban J connectivity index is 1.95. The summed E-state index contributed by atoms with van der Waals surface area (Å²) in [5, 5.41) is 7.36. The first-order chi connectivity index (χ1) is 7.79. The van der Waals surface area contributed by atoms with Gasteiger partial charge in [-0.25, -0.2) is 0 Å². The molecule has 1 aromatic heterocycles. The quantitative estimate of drug-likeness (QED) is 0.837. The van der Waals surface area contributed by atoms with Crippen molar-refractivity contribution in [3.05, 3.63) is 11.7 Å². The van der Waals surface area contributed by atoms with Crippen molar-refractivity contribution in [1.82, 2.24) is 15.5 Å². The van der Waals surface area contributed by atoms with Crippen molar-refractivity contribution in [1.29, 1.82) is 0 Å². The summed E-state index contributed by atoms with van der Waals surface area (Å²) in [4.78, 5) is 4.39. The lowest BCUT2D eigenvalue weighted by molar-refractivity contribution is 0.199. The topological polar surface area (TPSA) is 60.2 Å². The second-order valence-electron chi connectivity index (χ2n) is 4.43. The fraction of sp³-hybridized carbons (Fsp3) is 0.818. The lowest BCUT2D eigenvalue weighted by Gasteiger charge is -2.25. The van der Waals surface area contributed by atoms with Crippen molar-refractivity contribution in [3.63, 3.8) is 0 Å². The zero-order chi connectivity index (χ0) is 11.4. The first-order valence-corrected chi connectivity index (χ1v) is 5.84. The fourth-order valence-corrected chi connectivity index (χ4v) is 2.00. The van der Waals surface area contributed by atoms with E-state index < -0.39 is 0 Å². The van der Waals surface area contributed by atoms with Crippen LogP contribution in [0, 0.1) is 5.92 Å². The third kappa shape index (κ3) is 2.80. The van der Waals surface area contributed by atoms with E-state index in [1.54, 1.807) is 7.11 Å². The van der Waals surface area contributed by atoms with Gasteiger partial charge >= 0.3 is 0 Å². The maximum atomic E-state index is 5.27. The van der Waals surface area contributed by atoms with E-state index in [0.29, 0.717) is 13.0 Å². The molecule has 2 unspecified atom stereocenters. The summed E-state index contributed by atoms with van der Waals surface area (Å²) in [6, 6.07) is 0.229. The second kappa shape index (κ2) is 5.41. The Labute approximate surface area is 95.6 Å². The smallest absolute Gasteiger partial charge is 0.243 e. The molecule has 0 radical (unpaired) electrons. The summed E-state index contributed by atoms with van der Waals surface area (Å²) in [6.45, 7) is 3.92. The monoisotopic (exact) mass is 225 g/mol. The van der Waals surface area contributed by atoms with Crippen LogP contribution in [0.1, 0.15) is 37.5 Å². The van der Waals surface area contributed by atoms with E-state index in [-0.39, 0.29) is 6.04 Å². The van der Waals surface area contributed by atoms with Crippen LogP contribution in [0.2, 0.25) is 0 Å². The highest BCUT2D eigenvalue weighted by atomic mass is 16.5. The van der Waals surface area contributed by atoms with E-state index in [2.05, 4.69) is 22.4 Å². The zero-order valence-electron chi connectivity index (χ0n) is 9.90. The van der Waals surface area contributed by atoms with Gasteiger partial charge in [-0.1, -0.05) is 12.1 Å². The van der Waals surface area contributed by atoms with E-state index in [1.807, 2.05) is 0 Å². The van der Waals surface area contributed by atoms with Crippen molar-refractivity contribution in [2.75, 3.05) is 20.3 Å². The Morgan fingerprint density at radius 1 is 1.56 bits per heavy atom. The Kier molecular flexibility index (Phi) is 3.90. The number of piperidine rings is 1. The summed E-state index contributed by atoms with van der Waals surface area (Å²) >= 11 is 0. The van der Waals surface area contributed by atoms with E-state index in [9.17, 15) is 0 Å². The molecule has 1 aliphatic heterocycles. The molecule has 0 amide bonds. The summed E-state index contributed by atoms with van der Waals surface area (Å²) < 4.78 is 10.3. The molecule has 1 N–H and O–H groups in total. The van der Waals surface area contributed by atoms with Crippen LogP contribution in [0.15, 0.2) is 4.52 Å². The van der Waals surface area contributed by atoms with Gasteiger partial charge in [-0.2, -0.15) is 4.98 Å². The molecule has 1 fully saturated rings. The molecule has 5 nitrogen and oxygen atoms in total. The first kappa shape index (κ1) is 11.5. The number of rotatable bonds is 4. The van der Waals surface area contributed by atoms with Gasteiger partial charge in [-0.3, -0.25) is 0 Å². The normalized spacial score (nSPS) is 25.9. The van der Waals surface area contributed by atoms with Gasteiger partial charge in [0.25, 0.3) is 0 Å². The molecule has 1 saturated heterocycles. The van der Waals surface area contributed by atoms with Gasteiger partial charge in [0, 0.05) is 13.5 Å². The molecule has 2 atom stereocenters. The third-order valence-corrected chi connectivity index (χ3v) is 2.98. The molecule has 1 aromatic rings. The maximum absolute atomic E-state index is 5.27. The second-order valence-corrected chi connectivity index (χ2v) is 4.43. The summed E-state index contributed by atoms with van der Waals surface area (Å²) in [5.41, 5.74) is 0. The molecule has 90 valence electrons. The highest BCUT2D eigenvalue weighted by Crippen LogP contribution is 2.25. The zero-order valence-corrected chi connectivity index (χ0v) is 9.90. The van der Waals surface area contributed by atoms with E-state index >= 15 is 0 Å². The van der Waals surface area contributed by atoms with Crippen LogP contribution in [0.25, 0.3) is 0 Å². The lowest BCUT2D eigenvalue weighted by atomic mass is 9.94. The van der Waals surface area contributed by atoms with Crippen LogP contribution in [-0.4, -0.2) is 30.4 Å². The number of aromatic nitrogens is 2. The highest BCUT2D eigenvalue weighted by Gasteiger charge is 2.24. The van der Waals surface area contributed by atoms with Crippen LogP contribution in [0.5, 0.6) is 0 Å². The molecule has 2 rings (SSSR count). The Morgan fingerprint density at radius 3 is 3.19 bits per heavy atom. The minimum atomic E-state index is 0.229. The van der Waals surface area contributed by atoms with Gasteiger partial charge < -0.3 is 14.6 Å². The number of nitrogens with zero attached hydrogens (tertiary/aromatic N) is 2. The minimum Gasteiger partial charge on any atom is -0.384 e. The van der Waals surface area contributed by atoms with Crippen LogP contribution < -0.4 is 5.32 Å². The van der Waals surface area contributed by atoms with Crippen molar-refractivity contribution >= 4 is 0 Å². The molecule has 0 bridgehead atoms. The molecule has 16 heavy (non-hydrogen) atoms. The number of nitrogens with one attached hydrogen (secondary N) is 1. The maximum Gasteiger partial charge on any atom is 0.243 e. The summed E-state index contributed by atoms with van der Waals surface area (Å²) in [6.07, 6.45) is 3.01. The van der Waals surface area contributed by atoms with Gasteiger partial charge in [0.2, 0.25) is 5.89 Å². The summed E-state index contributed by atoms with van der Waals surface area (Å²) in [7, 11) is 1.67. The fourth-order valence-electron chi connectivity index (χ4n) is 2.00. The molecule has 2 heterocycles. The first-order valence-electron chi connectivity index (χ1n) is 5.84. The third-order valence-electron chi connectivity index (χ3n) is 2.98. The molecule has 0 saturated carbocycles. The standard InChI is InChI=1S/C11H19N3O2/c1-8-3-5-12-9(7-8)11-13-10(14-16-11)4-6-15-2/h8-9,12H,3-7H2,1-2H3. The average Bonchev–Trinajstić information content (AvgIpc) is 2.75. The predicted molar refractivity (Wildman–Crippen MR) is 59.0 cm³/mol. The van der Waals surface area contributed by atoms with Gasteiger partial charge in [-0.05, 0) is 25.3 Å². The van der Waals surface area contributed by atoms with E-state index in [1.165, 1.54) is 6.42 Å². The van der Waals surface area contributed by atoms with Gasteiger partial charge in [-0.15, -0.1) is 0 Å². The van der Waals surface area contributed by atoms with Crippen molar-refractivity contribution in [2.24, 2.45) is 5.92 Å². The van der Waals surface area contributed by atoms with Gasteiger partial charge in [0.1, 0.15) is 0 Å². The Morgan fingerprint density at radius 2 is 2.44 bits per heavy atom. The average molecular weight is 225 g/mol. The molecule has 5 heteroatoms. The highest BCUT2D eigenvalue weighted by molar-refractivity contribution is 4.95. The lowest BCUT2D eigenvalue weighted by Crippen LogP contribution is -2.30. The number of methoxy groups -OCH3 is 1. The Bertz CT molecular complexity index is 327. The minimum absolute atomic E-state index is 0.229. The molecular formula is C11H19N3O2. The molecule has 0 aromatic carbocycles. The van der Waals surface area contributed by atoms with Crippen LogP contribution in [0.4, 0.5) is 0 Å². The van der Waals surface area contributed by atoms with Crippen molar-refractivity contribution < 1.29 is 9.26 Å². The van der Waals surface area contributed by atoms with E-state index in [4.69, 9.17) is 9.26 Å². The van der Waals surface area contributed by atoms with Crippen LogP contribution in [0.3, 0.4) is 0 Å². The molecule has 1 aliphatic rings. The number of hydrogen-bond acceptors (Lipinski definition) is 5. The van der Waals surface area contributed by atoms with Crippen molar-refractivity contribution in [3.8, 4) is 0 Å². The largest absolute Gasteiger partial charge is 0.384 e. The molecular weight excluding hydrogens is 206 g/mol. The Hall–Kier alpha value is -0.940.